The van der Waals surface area contributed by atoms with E-state index in [2.05, 4.69) is 25.2 Å². The fourth-order valence-corrected chi connectivity index (χ4v) is 2.92. The quantitative estimate of drug-likeness (QED) is 0.835. The standard InChI is InChI=1S/C17H28N2O2S/c1-12(2)22-10-14-8-7-9-15(13(14)3)18-16(20)19(6)11-17(4,5)21/h7-9,12,21H,10-11H2,1-6H3,(H,18,20). The number of rotatable bonds is 6. The zero-order chi connectivity index (χ0) is 16.9. The molecule has 0 spiro atoms. The van der Waals surface area contributed by atoms with E-state index in [1.165, 1.54) is 10.5 Å². The minimum atomic E-state index is -0.906. The van der Waals surface area contributed by atoms with Crippen molar-refractivity contribution in [1.29, 1.82) is 0 Å². The maximum Gasteiger partial charge on any atom is 0.321 e. The summed E-state index contributed by atoms with van der Waals surface area (Å²) in [5.41, 5.74) is 2.26. The Morgan fingerprint density at radius 3 is 2.59 bits per heavy atom. The number of nitrogens with zero attached hydrogens (tertiary/aromatic N) is 1. The molecule has 22 heavy (non-hydrogen) atoms. The fraction of sp³-hybridized carbons (Fsp3) is 0.588. The molecule has 2 amide bonds. The van der Waals surface area contributed by atoms with Crippen LogP contribution in [-0.4, -0.2) is 40.5 Å². The summed E-state index contributed by atoms with van der Waals surface area (Å²) < 4.78 is 0. The second kappa shape index (κ2) is 7.88. The van der Waals surface area contributed by atoms with Crippen LogP contribution < -0.4 is 5.32 Å². The van der Waals surface area contributed by atoms with Crippen LogP contribution in [0.25, 0.3) is 0 Å². The second-order valence-electron chi connectivity index (χ2n) is 6.55. The fourth-order valence-electron chi connectivity index (χ4n) is 2.09. The van der Waals surface area contributed by atoms with Crippen molar-refractivity contribution in [3.05, 3.63) is 29.3 Å². The predicted octanol–water partition coefficient (Wildman–Crippen LogP) is 3.87. The number of carbonyl (C=O) groups is 1. The minimum Gasteiger partial charge on any atom is -0.389 e. The van der Waals surface area contributed by atoms with Gasteiger partial charge in [-0.25, -0.2) is 4.79 Å². The van der Waals surface area contributed by atoms with Crippen LogP contribution >= 0.6 is 11.8 Å². The molecule has 4 nitrogen and oxygen atoms in total. The van der Waals surface area contributed by atoms with E-state index in [9.17, 15) is 9.90 Å². The first kappa shape index (κ1) is 18.8. The summed E-state index contributed by atoms with van der Waals surface area (Å²) in [6.45, 7) is 10.0. The number of nitrogens with one attached hydrogen (secondary N) is 1. The van der Waals surface area contributed by atoms with Crippen molar-refractivity contribution >= 4 is 23.5 Å². The third kappa shape index (κ3) is 6.28. The summed E-state index contributed by atoms with van der Waals surface area (Å²) in [6, 6.07) is 5.77. The molecule has 5 heteroatoms. The molecular formula is C17H28N2O2S. The number of likely N-dealkylation sites (N-methyl/N-ethyl adjacent to an activating group) is 1. The van der Waals surface area contributed by atoms with E-state index >= 15 is 0 Å². The minimum absolute atomic E-state index is 0.209. The second-order valence-corrected chi connectivity index (χ2v) is 8.11. The Hall–Kier alpha value is -1.20. The maximum absolute atomic E-state index is 12.2. The molecule has 0 fully saturated rings. The molecule has 1 aromatic rings. The molecule has 0 aromatic heterocycles. The van der Waals surface area contributed by atoms with Gasteiger partial charge in [0.1, 0.15) is 0 Å². The Labute approximate surface area is 138 Å². The Kier molecular flexibility index (Phi) is 6.75. The van der Waals surface area contributed by atoms with Gasteiger partial charge in [-0.2, -0.15) is 11.8 Å². The zero-order valence-corrected chi connectivity index (χ0v) is 15.3. The molecule has 0 saturated heterocycles. The van der Waals surface area contributed by atoms with Gasteiger partial charge in [-0.05, 0) is 43.2 Å². The summed E-state index contributed by atoms with van der Waals surface area (Å²) >= 11 is 1.88. The summed E-state index contributed by atoms with van der Waals surface area (Å²) in [6.07, 6.45) is 0. The van der Waals surface area contributed by atoms with Gasteiger partial charge in [0.2, 0.25) is 0 Å². The average Bonchev–Trinajstić information content (AvgIpc) is 2.37. The zero-order valence-electron chi connectivity index (χ0n) is 14.4. The topological polar surface area (TPSA) is 52.6 Å². The molecule has 1 rings (SSSR count). The lowest BCUT2D eigenvalue weighted by molar-refractivity contribution is 0.0550. The van der Waals surface area contributed by atoms with E-state index in [0.29, 0.717) is 5.25 Å². The van der Waals surface area contributed by atoms with Gasteiger partial charge in [0, 0.05) is 18.5 Å². The lowest BCUT2D eigenvalue weighted by atomic mass is 10.1. The van der Waals surface area contributed by atoms with Crippen molar-refractivity contribution in [3.8, 4) is 0 Å². The molecule has 0 aliphatic heterocycles. The van der Waals surface area contributed by atoms with E-state index < -0.39 is 5.60 Å². The van der Waals surface area contributed by atoms with Gasteiger partial charge in [-0.1, -0.05) is 26.0 Å². The normalized spacial score (nSPS) is 11.6. The molecule has 0 aliphatic rings. The molecule has 0 atom stereocenters. The average molecular weight is 324 g/mol. The highest BCUT2D eigenvalue weighted by Gasteiger charge is 2.19. The Morgan fingerprint density at radius 1 is 1.41 bits per heavy atom. The van der Waals surface area contributed by atoms with Gasteiger partial charge in [0.25, 0.3) is 0 Å². The van der Waals surface area contributed by atoms with E-state index in [1.54, 1.807) is 20.9 Å². The lowest BCUT2D eigenvalue weighted by Gasteiger charge is -2.26. The van der Waals surface area contributed by atoms with Crippen LogP contribution in [0.3, 0.4) is 0 Å². The largest absolute Gasteiger partial charge is 0.389 e. The molecule has 1 aromatic carbocycles. The summed E-state index contributed by atoms with van der Waals surface area (Å²) in [5.74, 6) is 0.937. The highest BCUT2D eigenvalue weighted by Crippen LogP contribution is 2.25. The van der Waals surface area contributed by atoms with Gasteiger partial charge in [0.15, 0.2) is 0 Å². The van der Waals surface area contributed by atoms with Crippen molar-refractivity contribution in [3.63, 3.8) is 0 Å². The smallest absolute Gasteiger partial charge is 0.321 e. The van der Waals surface area contributed by atoms with Crippen LogP contribution in [-0.2, 0) is 5.75 Å². The summed E-state index contributed by atoms with van der Waals surface area (Å²) in [5, 5.41) is 13.3. The van der Waals surface area contributed by atoms with Gasteiger partial charge >= 0.3 is 6.03 Å². The van der Waals surface area contributed by atoms with Crippen LogP contribution in [0.4, 0.5) is 10.5 Å². The molecular weight excluding hydrogens is 296 g/mol. The summed E-state index contributed by atoms with van der Waals surface area (Å²) in [4.78, 5) is 13.7. The van der Waals surface area contributed by atoms with Gasteiger partial charge in [-0.3, -0.25) is 0 Å². The molecule has 0 aliphatic carbocycles. The first-order chi connectivity index (χ1) is 10.1. The van der Waals surface area contributed by atoms with Gasteiger partial charge < -0.3 is 15.3 Å². The van der Waals surface area contributed by atoms with Crippen LogP contribution in [0, 0.1) is 6.92 Å². The van der Waals surface area contributed by atoms with Gasteiger partial charge in [0.05, 0.1) is 12.1 Å². The van der Waals surface area contributed by atoms with Crippen molar-refractivity contribution in [2.24, 2.45) is 0 Å². The molecule has 124 valence electrons. The Balaban J connectivity index is 2.77. The predicted molar refractivity (Wildman–Crippen MR) is 95.6 cm³/mol. The monoisotopic (exact) mass is 324 g/mol. The number of aliphatic hydroxyl groups is 1. The highest BCUT2D eigenvalue weighted by atomic mass is 32.2. The Bertz CT molecular complexity index is 510. The number of hydrogen-bond donors (Lipinski definition) is 2. The van der Waals surface area contributed by atoms with Crippen LogP contribution in [0.15, 0.2) is 18.2 Å². The summed E-state index contributed by atoms with van der Waals surface area (Å²) in [7, 11) is 1.68. The van der Waals surface area contributed by atoms with Crippen LogP contribution in [0.1, 0.15) is 38.8 Å². The van der Waals surface area contributed by atoms with E-state index in [4.69, 9.17) is 0 Å². The maximum atomic E-state index is 12.2. The molecule has 0 heterocycles. The SMILES string of the molecule is Cc1c(CSC(C)C)cccc1NC(=O)N(C)CC(C)(C)O. The van der Waals surface area contributed by atoms with Crippen molar-refractivity contribution in [2.45, 2.75) is 51.2 Å². The number of carbonyl (C=O) groups excluding carboxylic acids is 1. The Morgan fingerprint density at radius 2 is 2.05 bits per heavy atom. The number of hydrogen-bond acceptors (Lipinski definition) is 3. The number of urea groups is 1. The van der Waals surface area contributed by atoms with Crippen LogP contribution in [0.2, 0.25) is 0 Å². The number of anilines is 1. The van der Waals surface area contributed by atoms with Crippen LogP contribution in [0.5, 0.6) is 0 Å². The third-order valence-electron chi connectivity index (χ3n) is 3.23. The number of benzene rings is 1. The third-order valence-corrected chi connectivity index (χ3v) is 4.37. The molecule has 0 bridgehead atoms. The lowest BCUT2D eigenvalue weighted by Crippen LogP contribution is -2.41. The first-order valence-electron chi connectivity index (χ1n) is 7.54. The van der Waals surface area contributed by atoms with Crippen molar-refractivity contribution in [1.82, 2.24) is 4.90 Å². The van der Waals surface area contributed by atoms with Crippen molar-refractivity contribution in [2.75, 3.05) is 18.9 Å². The first-order valence-corrected chi connectivity index (χ1v) is 8.59. The molecule has 0 radical (unpaired) electrons. The number of amides is 2. The molecule has 0 saturated carbocycles. The molecule has 0 unspecified atom stereocenters. The molecule has 2 N–H and O–H groups in total. The van der Waals surface area contributed by atoms with E-state index in [1.807, 2.05) is 30.8 Å². The van der Waals surface area contributed by atoms with E-state index in [0.717, 1.165) is 17.0 Å². The van der Waals surface area contributed by atoms with E-state index in [-0.39, 0.29) is 12.6 Å². The number of thioether (sulfide) groups is 1. The van der Waals surface area contributed by atoms with Crippen molar-refractivity contribution < 1.29 is 9.90 Å². The van der Waals surface area contributed by atoms with Gasteiger partial charge in [-0.15, -0.1) is 0 Å². The highest BCUT2D eigenvalue weighted by molar-refractivity contribution is 7.99.